The number of aliphatic hydroxyl groups excluding tert-OH is 1. The second kappa shape index (κ2) is 9.91. The Morgan fingerprint density at radius 3 is 2.43 bits per heavy atom. The molecular formula is C18H28ClNO3. The van der Waals surface area contributed by atoms with E-state index in [1.165, 1.54) is 19.3 Å². The summed E-state index contributed by atoms with van der Waals surface area (Å²) in [4.78, 5) is 12.1. The minimum atomic E-state index is -0.592. The summed E-state index contributed by atoms with van der Waals surface area (Å²) in [5.74, 6) is 0.868. The van der Waals surface area contributed by atoms with Crippen LogP contribution in [-0.2, 0) is 4.79 Å². The van der Waals surface area contributed by atoms with E-state index in [0.29, 0.717) is 12.2 Å². The van der Waals surface area contributed by atoms with Crippen LogP contribution in [0.3, 0.4) is 0 Å². The number of hydrogen-bond donors (Lipinski definition) is 3. The Morgan fingerprint density at radius 1 is 1.22 bits per heavy atom. The Bertz CT molecular complexity index is 472. The van der Waals surface area contributed by atoms with Gasteiger partial charge >= 0.3 is 0 Å². The summed E-state index contributed by atoms with van der Waals surface area (Å²) >= 11 is 0. The predicted octanol–water partition coefficient (Wildman–Crippen LogP) is -1.08. The van der Waals surface area contributed by atoms with Crippen LogP contribution in [0.5, 0.6) is 5.75 Å². The molecule has 1 aliphatic rings. The molecular weight excluding hydrogens is 314 g/mol. The summed E-state index contributed by atoms with van der Waals surface area (Å²) in [6, 6.07) is 6.62. The molecule has 0 amide bonds. The molecule has 130 valence electrons. The first-order chi connectivity index (χ1) is 10.6. The van der Waals surface area contributed by atoms with Crippen LogP contribution in [0, 0.1) is 5.92 Å². The van der Waals surface area contributed by atoms with Gasteiger partial charge < -0.3 is 27.9 Å². The van der Waals surface area contributed by atoms with E-state index in [-0.39, 0.29) is 30.1 Å². The van der Waals surface area contributed by atoms with Gasteiger partial charge in [0.1, 0.15) is 23.7 Å². The van der Waals surface area contributed by atoms with Gasteiger partial charge in [-0.3, -0.25) is 4.79 Å². The largest absolute Gasteiger partial charge is 1.00 e. The van der Waals surface area contributed by atoms with E-state index in [0.717, 1.165) is 24.9 Å². The van der Waals surface area contributed by atoms with E-state index in [2.05, 4.69) is 0 Å². The van der Waals surface area contributed by atoms with Gasteiger partial charge in [0.25, 0.3) is 0 Å². The van der Waals surface area contributed by atoms with E-state index in [1.807, 2.05) is 12.2 Å². The summed E-state index contributed by atoms with van der Waals surface area (Å²) in [5.41, 5.74) is 0.792. The standard InChI is InChI=1S/C18H27NO3.ClH/c1-13(18(22)15-7-9-16(20)10-8-15)19-12-11-17(21)14-5-3-2-4-6-14;/h7-10,13-14,18-20,22H,2-6,11-12H2,1H3;1H. The molecule has 1 aliphatic carbocycles. The molecule has 0 radical (unpaired) electrons. The van der Waals surface area contributed by atoms with E-state index < -0.39 is 6.10 Å². The maximum atomic E-state index is 12.1. The first kappa shape index (κ1) is 19.9. The molecule has 2 unspecified atom stereocenters. The highest BCUT2D eigenvalue weighted by atomic mass is 35.5. The number of nitrogens with two attached hydrogens (primary N) is 1. The highest BCUT2D eigenvalue weighted by Crippen LogP contribution is 2.25. The third-order valence-corrected chi connectivity index (χ3v) is 4.72. The number of hydrogen-bond acceptors (Lipinski definition) is 3. The van der Waals surface area contributed by atoms with Gasteiger partial charge in [-0.2, -0.15) is 0 Å². The Hall–Kier alpha value is -1.10. The monoisotopic (exact) mass is 341 g/mol. The van der Waals surface area contributed by atoms with Gasteiger partial charge in [0, 0.05) is 5.92 Å². The SMILES string of the molecule is CC([NH2+]CCC(=O)C1CCCCC1)C(O)c1ccc(O)cc1.[Cl-]. The fraction of sp³-hybridized carbons (Fsp3) is 0.611. The highest BCUT2D eigenvalue weighted by molar-refractivity contribution is 5.81. The topological polar surface area (TPSA) is 74.1 Å². The number of quaternary nitrogens is 1. The van der Waals surface area contributed by atoms with Crippen LogP contribution in [0.1, 0.15) is 57.1 Å². The molecule has 5 heteroatoms. The quantitative estimate of drug-likeness (QED) is 0.591. The van der Waals surface area contributed by atoms with Crippen molar-refractivity contribution in [3.8, 4) is 5.75 Å². The molecule has 0 spiro atoms. The van der Waals surface area contributed by atoms with Crippen LogP contribution in [0.4, 0.5) is 0 Å². The summed E-state index contributed by atoms with van der Waals surface area (Å²) in [7, 11) is 0. The number of benzene rings is 1. The third kappa shape index (κ3) is 6.13. The summed E-state index contributed by atoms with van der Waals surface area (Å²) in [6.07, 6.45) is 5.77. The number of ketones is 1. The first-order valence-corrected chi connectivity index (χ1v) is 8.41. The average molecular weight is 342 g/mol. The van der Waals surface area contributed by atoms with Gasteiger partial charge in [-0.05, 0) is 37.5 Å². The number of rotatable bonds is 7. The third-order valence-electron chi connectivity index (χ3n) is 4.72. The molecule has 2 atom stereocenters. The van der Waals surface area contributed by atoms with Crippen molar-refractivity contribution < 1.29 is 32.7 Å². The Kier molecular flexibility index (Phi) is 8.59. The minimum Gasteiger partial charge on any atom is -1.00 e. The molecule has 0 saturated heterocycles. The van der Waals surface area contributed by atoms with Crippen molar-refractivity contribution in [1.82, 2.24) is 0 Å². The van der Waals surface area contributed by atoms with Crippen LogP contribution in [0.2, 0.25) is 0 Å². The van der Waals surface area contributed by atoms with E-state index >= 15 is 0 Å². The van der Waals surface area contributed by atoms with E-state index in [1.54, 1.807) is 24.3 Å². The second-order valence-corrected chi connectivity index (χ2v) is 6.47. The lowest BCUT2D eigenvalue weighted by Gasteiger charge is -2.21. The summed E-state index contributed by atoms with van der Waals surface area (Å²) < 4.78 is 0. The fourth-order valence-electron chi connectivity index (χ4n) is 3.22. The molecule has 1 saturated carbocycles. The Morgan fingerprint density at radius 2 is 1.83 bits per heavy atom. The minimum absolute atomic E-state index is 0. The number of carbonyl (C=O) groups excluding carboxylic acids is 1. The highest BCUT2D eigenvalue weighted by Gasteiger charge is 2.23. The second-order valence-electron chi connectivity index (χ2n) is 6.47. The molecule has 4 nitrogen and oxygen atoms in total. The van der Waals surface area contributed by atoms with Crippen molar-refractivity contribution in [3.05, 3.63) is 29.8 Å². The van der Waals surface area contributed by atoms with Crippen LogP contribution in [0.25, 0.3) is 0 Å². The normalized spacial score (nSPS) is 18.0. The van der Waals surface area contributed by atoms with Gasteiger partial charge in [0.15, 0.2) is 0 Å². The zero-order valence-electron chi connectivity index (χ0n) is 13.7. The molecule has 0 aliphatic heterocycles. The molecule has 2 rings (SSSR count). The lowest BCUT2D eigenvalue weighted by Crippen LogP contribution is -3.00. The van der Waals surface area contributed by atoms with Gasteiger partial charge in [0.05, 0.1) is 13.0 Å². The van der Waals surface area contributed by atoms with Gasteiger partial charge in [0.2, 0.25) is 0 Å². The van der Waals surface area contributed by atoms with Crippen molar-refractivity contribution >= 4 is 5.78 Å². The molecule has 0 heterocycles. The van der Waals surface area contributed by atoms with Crippen LogP contribution in [0.15, 0.2) is 24.3 Å². The van der Waals surface area contributed by atoms with Crippen molar-refractivity contribution in [1.29, 1.82) is 0 Å². The maximum Gasteiger partial charge on any atom is 0.141 e. The number of phenols is 1. The Labute approximate surface area is 144 Å². The number of phenolic OH excluding ortho intramolecular Hbond substituents is 1. The molecule has 23 heavy (non-hydrogen) atoms. The van der Waals surface area contributed by atoms with Crippen molar-refractivity contribution in [2.75, 3.05) is 6.54 Å². The zero-order chi connectivity index (χ0) is 15.9. The Balaban J connectivity index is 0.00000264. The zero-order valence-corrected chi connectivity index (χ0v) is 14.5. The van der Waals surface area contributed by atoms with Crippen molar-refractivity contribution in [2.45, 2.75) is 57.6 Å². The molecule has 1 fully saturated rings. The number of carbonyl (C=O) groups is 1. The van der Waals surface area contributed by atoms with Gasteiger partial charge in [-0.15, -0.1) is 0 Å². The molecule has 0 aromatic heterocycles. The number of aromatic hydroxyl groups is 1. The first-order valence-electron chi connectivity index (χ1n) is 8.41. The lowest BCUT2D eigenvalue weighted by atomic mass is 9.85. The molecule has 1 aromatic rings. The molecule has 0 bridgehead atoms. The molecule has 4 N–H and O–H groups in total. The summed E-state index contributed by atoms with van der Waals surface area (Å²) in [6.45, 7) is 2.69. The maximum absolute atomic E-state index is 12.1. The van der Waals surface area contributed by atoms with Crippen molar-refractivity contribution in [2.24, 2.45) is 5.92 Å². The van der Waals surface area contributed by atoms with Gasteiger partial charge in [-0.1, -0.05) is 31.4 Å². The average Bonchev–Trinajstić information content (AvgIpc) is 2.55. The van der Waals surface area contributed by atoms with Crippen LogP contribution in [-0.4, -0.2) is 28.6 Å². The van der Waals surface area contributed by atoms with Crippen LogP contribution >= 0.6 is 0 Å². The fourth-order valence-corrected chi connectivity index (χ4v) is 3.22. The number of Topliss-reactive ketones (excluding diaryl/α,β-unsaturated/α-hetero) is 1. The van der Waals surface area contributed by atoms with Crippen LogP contribution < -0.4 is 17.7 Å². The predicted molar refractivity (Wildman–Crippen MR) is 85.5 cm³/mol. The number of halogens is 1. The smallest absolute Gasteiger partial charge is 0.141 e. The number of aliphatic hydroxyl groups is 1. The molecule has 1 aromatic carbocycles. The van der Waals surface area contributed by atoms with Gasteiger partial charge in [-0.25, -0.2) is 0 Å². The summed E-state index contributed by atoms with van der Waals surface area (Å²) in [5, 5.41) is 21.6. The van der Waals surface area contributed by atoms with E-state index in [4.69, 9.17) is 0 Å². The lowest BCUT2D eigenvalue weighted by molar-refractivity contribution is -0.693. The van der Waals surface area contributed by atoms with Crippen molar-refractivity contribution in [3.63, 3.8) is 0 Å². The van der Waals surface area contributed by atoms with E-state index in [9.17, 15) is 15.0 Å².